The summed E-state index contributed by atoms with van der Waals surface area (Å²) in [5.74, 6) is 0. The third-order valence-corrected chi connectivity index (χ3v) is 4.53. The summed E-state index contributed by atoms with van der Waals surface area (Å²) in [6, 6.07) is 10.6. The molecule has 0 spiro atoms. The second-order valence-corrected chi connectivity index (χ2v) is 8.55. The molecule has 0 radical (unpaired) electrons. The van der Waals surface area contributed by atoms with Crippen LogP contribution in [0.3, 0.4) is 0 Å². The first-order valence-electron chi connectivity index (χ1n) is 8.56. The van der Waals surface area contributed by atoms with Gasteiger partial charge < -0.3 is 5.11 Å². The zero-order valence-corrected chi connectivity index (χ0v) is 16.7. The number of aromatic nitrogens is 2. The molecule has 0 fully saturated rings. The van der Waals surface area contributed by atoms with Crippen molar-refractivity contribution in [1.29, 1.82) is 0 Å². The van der Waals surface area contributed by atoms with Crippen LogP contribution in [0.4, 0.5) is 4.79 Å². The Balaban J connectivity index is 2.44. The van der Waals surface area contributed by atoms with Crippen molar-refractivity contribution in [1.82, 2.24) is 14.9 Å². The average molecular weight is 376 g/mol. The van der Waals surface area contributed by atoms with E-state index < -0.39 is 11.5 Å². The Hall–Kier alpha value is -2.14. The minimum atomic E-state index is -0.981. The lowest BCUT2D eigenvalue weighted by molar-refractivity contribution is 0.0669. The predicted octanol–water partition coefficient (Wildman–Crippen LogP) is 5.18. The maximum absolute atomic E-state index is 12.2. The number of halogens is 1. The first-order valence-corrected chi connectivity index (χ1v) is 8.94. The minimum Gasteiger partial charge on any atom is -0.465 e. The zero-order valence-electron chi connectivity index (χ0n) is 15.9. The minimum absolute atomic E-state index is 0.272. The maximum atomic E-state index is 12.2. The smallest absolute Gasteiger partial charge is 0.407 e. The van der Waals surface area contributed by atoms with Crippen LogP contribution >= 0.6 is 11.6 Å². The van der Waals surface area contributed by atoms with Gasteiger partial charge in [-0.2, -0.15) is 0 Å². The van der Waals surface area contributed by atoms with Crippen molar-refractivity contribution in [2.75, 3.05) is 6.54 Å². The van der Waals surface area contributed by atoms with Crippen molar-refractivity contribution in [2.45, 2.75) is 46.1 Å². The number of rotatable bonds is 5. The highest BCUT2D eigenvalue weighted by atomic mass is 35.5. The highest BCUT2D eigenvalue weighted by molar-refractivity contribution is 6.29. The number of carboxylic acid groups (broad SMARTS) is 1. The number of pyridine rings is 2. The van der Waals surface area contributed by atoms with Gasteiger partial charge >= 0.3 is 6.09 Å². The number of carbonyl (C=O) groups is 1. The molecule has 0 aliphatic carbocycles. The van der Waals surface area contributed by atoms with E-state index in [1.165, 1.54) is 4.90 Å². The molecular weight excluding hydrogens is 350 g/mol. The largest absolute Gasteiger partial charge is 0.465 e. The Morgan fingerprint density at radius 1 is 1.15 bits per heavy atom. The van der Waals surface area contributed by atoms with E-state index in [-0.39, 0.29) is 18.0 Å². The van der Waals surface area contributed by atoms with E-state index >= 15 is 0 Å². The number of amides is 1. The summed E-state index contributed by atoms with van der Waals surface area (Å²) < 4.78 is 0. The number of hydrogen-bond acceptors (Lipinski definition) is 3. The van der Waals surface area contributed by atoms with Gasteiger partial charge in [0.25, 0.3) is 0 Å². The summed E-state index contributed by atoms with van der Waals surface area (Å²) in [6.45, 7) is 10.3. The molecule has 1 N–H and O–H groups in total. The zero-order chi connectivity index (χ0) is 19.5. The molecular formula is C20H26ClN3O2. The molecule has 2 heterocycles. The van der Waals surface area contributed by atoms with Crippen LogP contribution in [0.2, 0.25) is 5.15 Å². The summed E-state index contributed by atoms with van der Waals surface area (Å²) in [5.41, 5.74) is 0.647. The van der Waals surface area contributed by atoms with E-state index in [9.17, 15) is 9.90 Å². The van der Waals surface area contributed by atoms with Crippen molar-refractivity contribution in [3.05, 3.63) is 59.1 Å². The standard InChI is InChI=1S/C20H26ClN3O2/c1-19(2,3)17(14-9-6-7-12-22-14)24(18(25)26)13-20(4,5)15-10-8-11-16(21)23-15/h6-12,17H,13H2,1-5H3,(H,25,26). The summed E-state index contributed by atoms with van der Waals surface area (Å²) in [5, 5.41) is 10.4. The van der Waals surface area contributed by atoms with Gasteiger partial charge in [0.2, 0.25) is 0 Å². The molecule has 6 heteroatoms. The fraction of sp³-hybridized carbons (Fsp3) is 0.450. The molecule has 0 aliphatic heterocycles. The Morgan fingerprint density at radius 3 is 2.35 bits per heavy atom. The lowest BCUT2D eigenvalue weighted by Crippen LogP contribution is -2.46. The van der Waals surface area contributed by atoms with Crippen LogP contribution in [0.5, 0.6) is 0 Å². The third-order valence-electron chi connectivity index (χ3n) is 4.32. The molecule has 1 unspecified atom stereocenters. The van der Waals surface area contributed by atoms with Gasteiger partial charge in [-0.25, -0.2) is 9.78 Å². The topological polar surface area (TPSA) is 66.3 Å². The van der Waals surface area contributed by atoms with Gasteiger partial charge in [-0.05, 0) is 29.7 Å². The second-order valence-electron chi connectivity index (χ2n) is 8.16. The van der Waals surface area contributed by atoms with Crippen LogP contribution in [-0.4, -0.2) is 32.6 Å². The first-order chi connectivity index (χ1) is 12.0. The van der Waals surface area contributed by atoms with Gasteiger partial charge in [0.05, 0.1) is 11.7 Å². The van der Waals surface area contributed by atoms with Gasteiger partial charge in [-0.3, -0.25) is 9.88 Å². The SMILES string of the molecule is CC(C)(CN(C(=O)O)C(c1ccccn1)C(C)(C)C)c1cccc(Cl)n1. The van der Waals surface area contributed by atoms with E-state index in [4.69, 9.17) is 11.6 Å². The van der Waals surface area contributed by atoms with E-state index in [0.717, 1.165) is 11.4 Å². The van der Waals surface area contributed by atoms with Crippen molar-refractivity contribution < 1.29 is 9.90 Å². The van der Waals surface area contributed by atoms with E-state index in [0.29, 0.717) is 5.15 Å². The van der Waals surface area contributed by atoms with Crippen LogP contribution in [0, 0.1) is 5.41 Å². The van der Waals surface area contributed by atoms with Crippen LogP contribution < -0.4 is 0 Å². The average Bonchev–Trinajstić information content (AvgIpc) is 2.54. The molecule has 5 nitrogen and oxygen atoms in total. The molecule has 140 valence electrons. The first kappa shape index (κ1) is 20.2. The maximum Gasteiger partial charge on any atom is 0.407 e. The molecule has 1 amide bonds. The van der Waals surface area contributed by atoms with Crippen molar-refractivity contribution in [3.8, 4) is 0 Å². The Bertz CT molecular complexity index is 757. The molecule has 2 aromatic heterocycles. The third kappa shape index (κ3) is 4.73. The number of hydrogen-bond donors (Lipinski definition) is 1. The van der Waals surface area contributed by atoms with E-state index in [1.807, 2.05) is 65.0 Å². The molecule has 0 aromatic carbocycles. The van der Waals surface area contributed by atoms with Crippen molar-refractivity contribution in [2.24, 2.45) is 5.41 Å². The van der Waals surface area contributed by atoms with Crippen molar-refractivity contribution in [3.63, 3.8) is 0 Å². The summed E-state index contributed by atoms with van der Waals surface area (Å²) in [4.78, 5) is 22.5. The molecule has 0 bridgehead atoms. The van der Waals surface area contributed by atoms with Crippen LogP contribution in [0.15, 0.2) is 42.6 Å². The monoisotopic (exact) mass is 375 g/mol. The second kappa shape index (κ2) is 7.62. The highest BCUT2D eigenvalue weighted by Gasteiger charge is 2.39. The Kier molecular flexibility index (Phi) is 5.91. The molecule has 0 saturated carbocycles. The van der Waals surface area contributed by atoms with Gasteiger partial charge in [-0.1, -0.05) is 58.4 Å². The fourth-order valence-electron chi connectivity index (χ4n) is 3.17. The van der Waals surface area contributed by atoms with Gasteiger partial charge in [0.15, 0.2) is 0 Å². The van der Waals surface area contributed by atoms with E-state index in [2.05, 4.69) is 9.97 Å². The van der Waals surface area contributed by atoms with Crippen molar-refractivity contribution >= 4 is 17.7 Å². The lowest BCUT2D eigenvalue weighted by Gasteiger charge is -2.41. The van der Waals surface area contributed by atoms with Gasteiger partial charge in [0, 0.05) is 23.9 Å². The molecule has 2 rings (SSSR count). The van der Waals surface area contributed by atoms with Gasteiger partial charge in [-0.15, -0.1) is 0 Å². The fourth-order valence-corrected chi connectivity index (χ4v) is 3.33. The van der Waals surface area contributed by atoms with Crippen LogP contribution in [0.1, 0.15) is 52.0 Å². The van der Waals surface area contributed by atoms with Gasteiger partial charge in [0.1, 0.15) is 5.15 Å². The summed E-state index contributed by atoms with van der Waals surface area (Å²) in [6.07, 6.45) is 0.711. The normalized spacial score (nSPS) is 13.3. The van der Waals surface area contributed by atoms with Crippen LogP contribution in [-0.2, 0) is 5.41 Å². The number of nitrogens with zero attached hydrogens (tertiary/aromatic N) is 3. The van der Waals surface area contributed by atoms with Crippen LogP contribution in [0.25, 0.3) is 0 Å². The molecule has 0 saturated heterocycles. The quantitative estimate of drug-likeness (QED) is 0.731. The summed E-state index contributed by atoms with van der Waals surface area (Å²) >= 11 is 6.03. The Labute approximate surface area is 160 Å². The predicted molar refractivity (Wildman–Crippen MR) is 103 cm³/mol. The lowest BCUT2D eigenvalue weighted by atomic mass is 9.81. The molecule has 2 aromatic rings. The van der Waals surface area contributed by atoms with E-state index in [1.54, 1.807) is 12.3 Å². The molecule has 1 atom stereocenters. The molecule has 26 heavy (non-hydrogen) atoms. The summed E-state index contributed by atoms with van der Waals surface area (Å²) in [7, 11) is 0. The highest BCUT2D eigenvalue weighted by Crippen LogP contribution is 2.39. The molecule has 0 aliphatic rings. The Morgan fingerprint density at radius 2 is 1.85 bits per heavy atom.